The van der Waals surface area contributed by atoms with E-state index >= 15 is 0 Å². The molecule has 37 heavy (non-hydrogen) atoms. The van der Waals surface area contributed by atoms with Crippen molar-refractivity contribution >= 4 is 6.09 Å². The lowest BCUT2D eigenvalue weighted by molar-refractivity contribution is -0.297. The van der Waals surface area contributed by atoms with Gasteiger partial charge in [0.25, 0.3) is 0 Å². The molecule has 12 heteroatoms. The smallest absolute Gasteiger partial charge is 0.407 e. The lowest BCUT2D eigenvalue weighted by atomic mass is 9.75. The second-order valence-corrected chi connectivity index (χ2v) is 10.4. The van der Waals surface area contributed by atoms with E-state index < -0.39 is 35.8 Å². The van der Waals surface area contributed by atoms with Gasteiger partial charge in [-0.05, 0) is 38.5 Å². The van der Waals surface area contributed by atoms with E-state index in [4.69, 9.17) is 0 Å². The maximum absolute atomic E-state index is 13.9. The number of halogens is 6. The minimum atomic E-state index is -5.47. The van der Waals surface area contributed by atoms with Gasteiger partial charge < -0.3 is 10.0 Å². The zero-order valence-corrected chi connectivity index (χ0v) is 20.6. The molecule has 2 fully saturated rings. The number of carbonyl (C=O) groups is 1. The van der Waals surface area contributed by atoms with Gasteiger partial charge in [0, 0.05) is 55.6 Å². The van der Waals surface area contributed by atoms with E-state index in [1.54, 1.807) is 35.1 Å². The average molecular weight is 533 g/mol. The fraction of sp³-hybridized carbons (Fsp3) is 0.600. The Labute approximate surface area is 210 Å². The van der Waals surface area contributed by atoms with Crippen LogP contribution in [0.2, 0.25) is 0 Å². The molecule has 1 atom stereocenters. The highest BCUT2D eigenvalue weighted by molar-refractivity contribution is 5.65. The first-order chi connectivity index (χ1) is 17.2. The van der Waals surface area contributed by atoms with Crippen molar-refractivity contribution in [2.75, 3.05) is 19.6 Å². The monoisotopic (exact) mass is 532 g/mol. The van der Waals surface area contributed by atoms with Crippen LogP contribution in [0.1, 0.15) is 44.7 Å². The van der Waals surface area contributed by atoms with E-state index in [1.165, 1.54) is 4.90 Å². The SMILES string of the molecule is CC(C)n1cc(CN2CC3(CCN(C(=O)O)CC3)CC2C(C(F)(F)F)C(F)(F)F)c(-c2ccccc2)n1. The van der Waals surface area contributed by atoms with Gasteiger partial charge in [-0.15, -0.1) is 0 Å². The molecule has 3 heterocycles. The summed E-state index contributed by atoms with van der Waals surface area (Å²) >= 11 is 0. The quantitative estimate of drug-likeness (QED) is 0.466. The number of carboxylic acid groups (broad SMARTS) is 1. The van der Waals surface area contributed by atoms with E-state index in [0.29, 0.717) is 11.3 Å². The fourth-order valence-corrected chi connectivity index (χ4v) is 5.71. The van der Waals surface area contributed by atoms with Crippen molar-refractivity contribution in [3.05, 3.63) is 42.1 Å². The molecule has 204 valence electrons. The summed E-state index contributed by atoms with van der Waals surface area (Å²) in [6.45, 7) is 3.83. The third-order valence-corrected chi connectivity index (χ3v) is 7.59. The van der Waals surface area contributed by atoms with Crippen LogP contribution in [0.3, 0.4) is 0 Å². The van der Waals surface area contributed by atoms with Crippen LogP contribution in [0.4, 0.5) is 31.1 Å². The van der Waals surface area contributed by atoms with Gasteiger partial charge in [-0.3, -0.25) is 9.58 Å². The van der Waals surface area contributed by atoms with Crippen molar-refractivity contribution in [1.82, 2.24) is 19.6 Å². The molecule has 1 aromatic heterocycles. The molecule has 1 aromatic carbocycles. The van der Waals surface area contributed by atoms with Crippen LogP contribution >= 0.6 is 0 Å². The van der Waals surface area contributed by atoms with Crippen LogP contribution < -0.4 is 0 Å². The van der Waals surface area contributed by atoms with Crippen LogP contribution in [-0.4, -0.2) is 68.8 Å². The van der Waals surface area contributed by atoms with Crippen molar-refractivity contribution < 1.29 is 36.2 Å². The second-order valence-electron chi connectivity index (χ2n) is 10.4. The van der Waals surface area contributed by atoms with Gasteiger partial charge in [0.05, 0.1) is 5.69 Å². The molecule has 2 aliphatic rings. The minimum absolute atomic E-state index is 0.0227. The van der Waals surface area contributed by atoms with Gasteiger partial charge in [-0.2, -0.15) is 31.4 Å². The van der Waals surface area contributed by atoms with Crippen LogP contribution in [0.25, 0.3) is 11.3 Å². The topological polar surface area (TPSA) is 61.6 Å². The number of amides is 1. The molecule has 6 nitrogen and oxygen atoms in total. The highest BCUT2D eigenvalue weighted by Gasteiger charge is 2.64. The van der Waals surface area contributed by atoms with E-state index in [2.05, 4.69) is 5.10 Å². The number of likely N-dealkylation sites (tertiary alicyclic amines) is 2. The third kappa shape index (κ3) is 5.73. The zero-order valence-electron chi connectivity index (χ0n) is 20.6. The molecular formula is C25H30F6N4O2. The number of aromatic nitrogens is 2. The van der Waals surface area contributed by atoms with Gasteiger partial charge in [0.2, 0.25) is 0 Å². The first-order valence-corrected chi connectivity index (χ1v) is 12.2. The molecule has 0 aliphatic carbocycles. The van der Waals surface area contributed by atoms with Gasteiger partial charge in [0.1, 0.15) is 0 Å². The molecular weight excluding hydrogens is 502 g/mol. The molecule has 1 N–H and O–H groups in total. The van der Waals surface area contributed by atoms with E-state index in [-0.39, 0.29) is 51.5 Å². The van der Waals surface area contributed by atoms with Crippen molar-refractivity contribution in [2.24, 2.45) is 11.3 Å². The van der Waals surface area contributed by atoms with Crippen LogP contribution in [0, 0.1) is 11.3 Å². The number of nitrogens with zero attached hydrogens (tertiary/aromatic N) is 4. The summed E-state index contributed by atoms with van der Waals surface area (Å²) in [4.78, 5) is 13.8. The van der Waals surface area contributed by atoms with Crippen molar-refractivity contribution in [1.29, 1.82) is 0 Å². The van der Waals surface area contributed by atoms with Gasteiger partial charge in [-0.25, -0.2) is 4.79 Å². The van der Waals surface area contributed by atoms with Gasteiger partial charge in [0.15, 0.2) is 5.92 Å². The highest BCUT2D eigenvalue weighted by atomic mass is 19.4. The van der Waals surface area contributed by atoms with E-state index in [9.17, 15) is 36.2 Å². The molecule has 2 aromatic rings. The molecule has 2 aliphatic heterocycles. The maximum Gasteiger partial charge on any atom is 0.407 e. The predicted molar refractivity (Wildman–Crippen MR) is 124 cm³/mol. The molecule has 4 rings (SSSR count). The Morgan fingerprint density at radius 1 is 1.08 bits per heavy atom. The lowest BCUT2D eigenvalue weighted by Gasteiger charge is -2.38. The van der Waals surface area contributed by atoms with E-state index in [0.717, 1.165) is 10.5 Å². The summed E-state index contributed by atoms with van der Waals surface area (Å²) in [6, 6.07) is 7.12. The first-order valence-electron chi connectivity index (χ1n) is 12.2. The Hall–Kier alpha value is -2.76. The van der Waals surface area contributed by atoms with Crippen LogP contribution in [0.15, 0.2) is 36.5 Å². The largest absolute Gasteiger partial charge is 0.465 e. The summed E-state index contributed by atoms with van der Waals surface area (Å²) in [5.74, 6) is -3.50. The Morgan fingerprint density at radius 3 is 2.19 bits per heavy atom. The first kappa shape index (κ1) is 27.3. The Bertz CT molecular complexity index is 1080. The normalized spacial score (nSPS) is 20.9. The summed E-state index contributed by atoms with van der Waals surface area (Å²) in [7, 11) is 0. The average Bonchev–Trinajstić information content (AvgIpc) is 3.35. The predicted octanol–water partition coefficient (Wildman–Crippen LogP) is 6.21. The Kier molecular flexibility index (Phi) is 7.26. The molecule has 1 amide bonds. The van der Waals surface area contributed by atoms with Crippen LogP contribution in [0.5, 0.6) is 0 Å². The standard InChI is InChI=1S/C25H30F6N4O2/c1-16(2)35-14-18(20(32-35)17-6-4-3-5-7-17)13-34-15-23(8-10-33(11-9-23)22(36)37)12-19(34)21(24(26,27)28)25(29,30)31/h3-7,14,16,19,21H,8-13,15H2,1-2H3,(H,36,37). The number of benzene rings is 1. The second kappa shape index (κ2) is 9.85. The third-order valence-electron chi connectivity index (χ3n) is 7.59. The number of hydrogen-bond acceptors (Lipinski definition) is 3. The Balaban J connectivity index is 1.72. The molecule has 0 radical (unpaired) electrons. The number of piperidine rings is 1. The number of alkyl halides is 6. The van der Waals surface area contributed by atoms with Gasteiger partial charge in [-0.1, -0.05) is 30.3 Å². The minimum Gasteiger partial charge on any atom is -0.465 e. The van der Waals surface area contributed by atoms with Gasteiger partial charge >= 0.3 is 18.4 Å². The summed E-state index contributed by atoms with van der Waals surface area (Å²) < 4.78 is 85.1. The van der Waals surface area contributed by atoms with Crippen molar-refractivity contribution in [3.8, 4) is 11.3 Å². The fourth-order valence-electron chi connectivity index (χ4n) is 5.71. The molecule has 0 bridgehead atoms. The Morgan fingerprint density at radius 2 is 1.68 bits per heavy atom. The molecule has 1 spiro atoms. The van der Waals surface area contributed by atoms with Crippen molar-refractivity contribution in [2.45, 2.75) is 64.1 Å². The molecule has 2 saturated heterocycles. The summed E-state index contributed by atoms with van der Waals surface area (Å²) in [6.07, 6.45) is -10.3. The van der Waals surface area contributed by atoms with Crippen LogP contribution in [-0.2, 0) is 6.54 Å². The van der Waals surface area contributed by atoms with Crippen molar-refractivity contribution in [3.63, 3.8) is 0 Å². The zero-order chi connectivity index (χ0) is 27.2. The molecule has 0 saturated carbocycles. The number of hydrogen-bond donors (Lipinski definition) is 1. The maximum atomic E-state index is 13.9. The highest BCUT2D eigenvalue weighted by Crippen LogP contribution is 2.52. The number of rotatable bonds is 5. The molecule has 1 unspecified atom stereocenters. The lowest BCUT2D eigenvalue weighted by Crippen LogP contribution is -2.49. The summed E-state index contributed by atoms with van der Waals surface area (Å²) in [5, 5.41) is 13.9. The summed E-state index contributed by atoms with van der Waals surface area (Å²) in [5.41, 5.74) is 0.963. The van der Waals surface area contributed by atoms with E-state index in [1.807, 2.05) is 19.9 Å².